The minimum Gasteiger partial charge on any atom is -0.373 e. The van der Waals surface area contributed by atoms with Gasteiger partial charge in [0.25, 0.3) is 0 Å². The molecule has 7 heteroatoms. The van der Waals surface area contributed by atoms with E-state index >= 15 is 0 Å². The van der Waals surface area contributed by atoms with E-state index in [9.17, 15) is 8.42 Å². The molecule has 0 saturated carbocycles. The third-order valence-electron chi connectivity index (χ3n) is 3.10. The van der Waals surface area contributed by atoms with Crippen LogP contribution < -0.4 is 0 Å². The normalized spacial score (nSPS) is 24.9. The molecule has 6 nitrogen and oxygen atoms in total. The Hall–Kier alpha value is -0.920. The zero-order valence-corrected chi connectivity index (χ0v) is 11.7. The van der Waals surface area contributed by atoms with E-state index in [2.05, 4.69) is 5.10 Å². The second-order valence-corrected chi connectivity index (χ2v) is 6.98. The minimum atomic E-state index is -3.39. The van der Waals surface area contributed by atoms with E-state index in [1.807, 2.05) is 6.92 Å². The molecule has 2 heterocycles. The molecule has 1 aliphatic heterocycles. The van der Waals surface area contributed by atoms with Crippen molar-refractivity contribution >= 4 is 10.0 Å². The monoisotopic (exact) mass is 273 g/mol. The fourth-order valence-electron chi connectivity index (χ4n) is 2.02. The van der Waals surface area contributed by atoms with Crippen LogP contribution in [0.3, 0.4) is 0 Å². The van der Waals surface area contributed by atoms with Crippen molar-refractivity contribution < 1.29 is 13.2 Å². The summed E-state index contributed by atoms with van der Waals surface area (Å²) in [4.78, 5) is 0.221. The second-order valence-electron chi connectivity index (χ2n) is 4.83. The summed E-state index contributed by atoms with van der Waals surface area (Å²) < 4.78 is 32.3. The van der Waals surface area contributed by atoms with Crippen molar-refractivity contribution in [2.24, 2.45) is 0 Å². The van der Waals surface area contributed by atoms with Gasteiger partial charge >= 0.3 is 0 Å². The topological polar surface area (TPSA) is 64.4 Å². The highest BCUT2D eigenvalue weighted by molar-refractivity contribution is 7.89. The maximum Gasteiger partial charge on any atom is 0.245 e. The minimum absolute atomic E-state index is 0.134. The largest absolute Gasteiger partial charge is 0.373 e. The molecule has 0 amide bonds. The third-order valence-corrected chi connectivity index (χ3v) is 4.87. The first kappa shape index (κ1) is 13.5. The van der Waals surface area contributed by atoms with Crippen molar-refractivity contribution in [2.75, 3.05) is 14.1 Å². The predicted octanol–water partition coefficient (Wildman–Crippen LogP) is 0.701. The lowest BCUT2D eigenvalue weighted by molar-refractivity contribution is 0.0436. The molecule has 2 unspecified atom stereocenters. The van der Waals surface area contributed by atoms with Crippen molar-refractivity contribution in [1.82, 2.24) is 14.1 Å². The third kappa shape index (κ3) is 2.73. The van der Waals surface area contributed by atoms with Crippen LogP contribution in [0.15, 0.2) is 17.3 Å². The summed E-state index contributed by atoms with van der Waals surface area (Å²) in [7, 11) is -0.375. The molecular formula is C11H19N3O3S. The lowest BCUT2D eigenvalue weighted by Gasteiger charge is -2.11. The Labute approximate surface area is 108 Å². The number of nitrogens with zero attached hydrogens (tertiary/aromatic N) is 3. The van der Waals surface area contributed by atoms with Gasteiger partial charge in [-0.25, -0.2) is 12.7 Å². The standard InChI is InChI=1S/C11H19N3O3S/c1-9-4-5-10(17-9)7-14-8-11(6-12-14)18(15,16)13(2)3/h6,8-10H,4-5,7H2,1-3H3. The Morgan fingerprint density at radius 1 is 1.50 bits per heavy atom. The number of rotatable bonds is 4. The fraction of sp³-hybridized carbons (Fsp3) is 0.727. The van der Waals surface area contributed by atoms with Gasteiger partial charge in [-0.2, -0.15) is 5.10 Å². The predicted molar refractivity (Wildman–Crippen MR) is 66.7 cm³/mol. The SMILES string of the molecule is CC1CCC(Cn2cc(S(=O)(=O)N(C)C)cn2)O1. The molecule has 0 bridgehead atoms. The first-order valence-corrected chi connectivity index (χ1v) is 7.44. The summed E-state index contributed by atoms with van der Waals surface area (Å²) in [6.45, 7) is 2.65. The van der Waals surface area contributed by atoms with Crippen molar-refractivity contribution in [3.8, 4) is 0 Å². The van der Waals surface area contributed by atoms with Crippen LogP contribution in [0, 0.1) is 0 Å². The molecular weight excluding hydrogens is 254 g/mol. The van der Waals surface area contributed by atoms with Crippen molar-refractivity contribution in [3.05, 3.63) is 12.4 Å². The first-order valence-electron chi connectivity index (χ1n) is 6.00. The van der Waals surface area contributed by atoms with Gasteiger partial charge in [0.1, 0.15) is 4.90 Å². The Balaban J connectivity index is 2.07. The molecule has 0 N–H and O–H groups in total. The number of ether oxygens (including phenoxy) is 1. The average molecular weight is 273 g/mol. The van der Waals surface area contributed by atoms with Gasteiger partial charge in [-0.1, -0.05) is 0 Å². The lowest BCUT2D eigenvalue weighted by Crippen LogP contribution is -2.22. The number of hydrogen-bond donors (Lipinski definition) is 0. The molecule has 1 aliphatic rings. The number of aromatic nitrogens is 2. The van der Waals surface area contributed by atoms with Gasteiger partial charge in [-0.3, -0.25) is 4.68 Å². The fourth-order valence-corrected chi connectivity index (χ4v) is 2.87. The van der Waals surface area contributed by atoms with E-state index in [-0.39, 0.29) is 17.1 Å². The molecule has 102 valence electrons. The summed E-state index contributed by atoms with van der Waals surface area (Å²) in [6.07, 6.45) is 5.41. The lowest BCUT2D eigenvalue weighted by atomic mass is 10.2. The van der Waals surface area contributed by atoms with Gasteiger partial charge in [0.15, 0.2) is 0 Å². The van der Waals surface area contributed by atoms with Crippen LogP contribution in [0.1, 0.15) is 19.8 Å². The summed E-state index contributed by atoms with van der Waals surface area (Å²) in [5, 5.41) is 4.08. The Morgan fingerprint density at radius 2 is 2.22 bits per heavy atom. The highest BCUT2D eigenvalue weighted by Crippen LogP contribution is 2.21. The molecule has 2 rings (SSSR count). The van der Waals surface area contributed by atoms with E-state index in [1.165, 1.54) is 24.6 Å². The zero-order chi connectivity index (χ0) is 13.3. The molecule has 2 atom stereocenters. The van der Waals surface area contributed by atoms with E-state index < -0.39 is 10.0 Å². The molecule has 1 fully saturated rings. The Morgan fingerprint density at radius 3 is 2.78 bits per heavy atom. The molecule has 1 aromatic heterocycles. The maximum atomic E-state index is 11.9. The van der Waals surface area contributed by atoms with Crippen LogP contribution in [0.25, 0.3) is 0 Å². The van der Waals surface area contributed by atoms with Gasteiger partial charge in [0.2, 0.25) is 10.0 Å². The summed E-state index contributed by atoms with van der Waals surface area (Å²) >= 11 is 0. The quantitative estimate of drug-likeness (QED) is 0.810. The van der Waals surface area contributed by atoms with Gasteiger partial charge in [-0.05, 0) is 19.8 Å². The summed E-state index contributed by atoms with van der Waals surface area (Å²) in [6, 6.07) is 0. The van der Waals surface area contributed by atoms with E-state index in [4.69, 9.17) is 4.74 Å². The molecule has 0 aromatic carbocycles. The summed E-state index contributed by atoms with van der Waals surface area (Å²) in [5.41, 5.74) is 0. The Bertz CT molecular complexity index is 509. The second kappa shape index (κ2) is 4.99. The van der Waals surface area contributed by atoms with Crippen LogP contribution in [0.4, 0.5) is 0 Å². The molecule has 0 spiro atoms. The highest BCUT2D eigenvalue weighted by atomic mass is 32.2. The van der Waals surface area contributed by atoms with E-state index in [0.717, 1.165) is 12.8 Å². The molecule has 1 saturated heterocycles. The van der Waals surface area contributed by atoms with Crippen LogP contribution in [-0.2, 0) is 21.3 Å². The first-order chi connectivity index (χ1) is 8.39. The van der Waals surface area contributed by atoms with Gasteiger partial charge < -0.3 is 4.74 Å². The van der Waals surface area contributed by atoms with Gasteiger partial charge in [0.05, 0.1) is 24.9 Å². The van der Waals surface area contributed by atoms with Crippen molar-refractivity contribution in [1.29, 1.82) is 0 Å². The molecule has 1 aromatic rings. The van der Waals surface area contributed by atoms with Gasteiger partial charge in [-0.15, -0.1) is 0 Å². The molecule has 0 aliphatic carbocycles. The average Bonchev–Trinajstić information content (AvgIpc) is 2.88. The van der Waals surface area contributed by atoms with Crippen molar-refractivity contribution in [2.45, 2.75) is 43.4 Å². The van der Waals surface area contributed by atoms with Crippen LogP contribution in [-0.4, -0.2) is 48.8 Å². The van der Waals surface area contributed by atoms with Crippen LogP contribution in [0.5, 0.6) is 0 Å². The van der Waals surface area contributed by atoms with Crippen LogP contribution >= 0.6 is 0 Å². The number of hydrogen-bond acceptors (Lipinski definition) is 4. The van der Waals surface area contributed by atoms with E-state index in [1.54, 1.807) is 10.9 Å². The molecule has 0 radical (unpaired) electrons. The smallest absolute Gasteiger partial charge is 0.245 e. The maximum absolute atomic E-state index is 11.9. The van der Waals surface area contributed by atoms with E-state index in [0.29, 0.717) is 6.54 Å². The highest BCUT2D eigenvalue weighted by Gasteiger charge is 2.24. The Kier molecular flexibility index (Phi) is 3.74. The molecule has 18 heavy (non-hydrogen) atoms. The van der Waals surface area contributed by atoms with Crippen LogP contribution in [0.2, 0.25) is 0 Å². The number of sulfonamides is 1. The van der Waals surface area contributed by atoms with Crippen molar-refractivity contribution in [3.63, 3.8) is 0 Å². The zero-order valence-electron chi connectivity index (χ0n) is 10.9. The van der Waals surface area contributed by atoms with Gasteiger partial charge in [0, 0.05) is 20.3 Å². The summed E-state index contributed by atoms with van der Waals surface area (Å²) in [5.74, 6) is 0.